The van der Waals surface area contributed by atoms with E-state index in [1.165, 1.54) is 42.1 Å². The quantitative estimate of drug-likeness (QED) is 0.532. The van der Waals surface area contributed by atoms with E-state index in [0.717, 1.165) is 34.6 Å². The summed E-state index contributed by atoms with van der Waals surface area (Å²) in [6, 6.07) is 15.3. The molecule has 6 nitrogen and oxygen atoms in total. The summed E-state index contributed by atoms with van der Waals surface area (Å²) in [7, 11) is 0. The number of hydrogen-bond donors (Lipinski definition) is 1. The SMILES string of the molecule is O=C(O)c1cn(-c2ccc3ncsc3c2)c(-c2ccc(N3CCCC3)cc2)cc1=O. The van der Waals surface area contributed by atoms with Crippen LogP contribution in [0.1, 0.15) is 23.2 Å². The van der Waals surface area contributed by atoms with Gasteiger partial charge in [0.15, 0.2) is 5.43 Å². The number of carboxylic acids is 1. The maximum atomic E-state index is 12.5. The largest absolute Gasteiger partial charge is 0.477 e. The predicted molar refractivity (Wildman–Crippen MR) is 119 cm³/mol. The minimum absolute atomic E-state index is 0.253. The van der Waals surface area contributed by atoms with Crippen molar-refractivity contribution < 1.29 is 9.90 Å². The first-order valence-electron chi connectivity index (χ1n) is 9.79. The van der Waals surface area contributed by atoms with Crippen LogP contribution < -0.4 is 10.3 Å². The van der Waals surface area contributed by atoms with Gasteiger partial charge in [0.1, 0.15) is 5.56 Å². The molecule has 0 atom stereocenters. The van der Waals surface area contributed by atoms with Crippen LogP contribution in [0.2, 0.25) is 0 Å². The molecule has 7 heteroatoms. The fourth-order valence-electron chi connectivity index (χ4n) is 3.94. The Hall–Kier alpha value is -3.45. The zero-order chi connectivity index (χ0) is 20.7. The molecule has 1 saturated heterocycles. The Morgan fingerprint density at radius 1 is 1.00 bits per heavy atom. The standard InChI is InChI=1S/C23H19N3O3S/c27-21-12-20(15-3-5-16(6-4-15)25-9-1-2-10-25)26(13-18(21)23(28)29)17-7-8-19-22(11-17)30-14-24-19/h3-8,11-14H,1-2,9-10H2,(H,28,29). The van der Waals surface area contributed by atoms with Gasteiger partial charge in [0.25, 0.3) is 0 Å². The van der Waals surface area contributed by atoms with Crippen LogP contribution in [0.25, 0.3) is 27.2 Å². The number of carboxylic acid groups (broad SMARTS) is 1. The first-order chi connectivity index (χ1) is 14.6. The van der Waals surface area contributed by atoms with Gasteiger partial charge in [0.2, 0.25) is 0 Å². The molecule has 2 aromatic carbocycles. The van der Waals surface area contributed by atoms with Crippen LogP contribution >= 0.6 is 11.3 Å². The maximum absolute atomic E-state index is 12.5. The summed E-state index contributed by atoms with van der Waals surface area (Å²) in [5.41, 5.74) is 5.37. The maximum Gasteiger partial charge on any atom is 0.341 e. The average molecular weight is 417 g/mol. The monoisotopic (exact) mass is 417 g/mol. The van der Waals surface area contributed by atoms with Crippen LogP contribution in [-0.4, -0.2) is 33.7 Å². The highest BCUT2D eigenvalue weighted by atomic mass is 32.1. The van der Waals surface area contributed by atoms with Crippen LogP contribution in [0.5, 0.6) is 0 Å². The molecule has 0 spiro atoms. The second-order valence-electron chi connectivity index (χ2n) is 7.36. The lowest BCUT2D eigenvalue weighted by atomic mass is 10.1. The van der Waals surface area contributed by atoms with Gasteiger partial charge >= 0.3 is 5.97 Å². The Morgan fingerprint density at radius 3 is 2.47 bits per heavy atom. The van der Waals surface area contributed by atoms with Crippen molar-refractivity contribution in [1.29, 1.82) is 0 Å². The first kappa shape index (κ1) is 18.6. The molecule has 4 aromatic rings. The summed E-state index contributed by atoms with van der Waals surface area (Å²) >= 11 is 1.52. The van der Waals surface area contributed by atoms with E-state index in [2.05, 4.69) is 22.0 Å². The highest BCUT2D eigenvalue weighted by molar-refractivity contribution is 7.16. The van der Waals surface area contributed by atoms with Crippen molar-refractivity contribution in [2.75, 3.05) is 18.0 Å². The molecule has 1 fully saturated rings. The molecule has 30 heavy (non-hydrogen) atoms. The van der Waals surface area contributed by atoms with Gasteiger partial charge in [-0.15, -0.1) is 11.3 Å². The molecule has 0 bridgehead atoms. The third-order valence-electron chi connectivity index (χ3n) is 5.51. The van der Waals surface area contributed by atoms with Gasteiger partial charge in [-0.05, 0) is 48.7 Å². The van der Waals surface area contributed by atoms with Crippen molar-refractivity contribution >= 4 is 33.2 Å². The minimum Gasteiger partial charge on any atom is -0.477 e. The molecule has 1 aliphatic rings. The van der Waals surface area contributed by atoms with Gasteiger partial charge in [0.05, 0.1) is 21.4 Å². The number of rotatable bonds is 4. The molecule has 0 aliphatic carbocycles. The number of benzene rings is 2. The number of fused-ring (bicyclic) bond motifs is 1. The second-order valence-corrected chi connectivity index (χ2v) is 8.24. The number of hydrogen-bond acceptors (Lipinski definition) is 5. The third kappa shape index (κ3) is 3.27. The van der Waals surface area contributed by atoms with Crippen molar-refractivity contribution in [1.82, 2.24) is 9.55 Å². The van der Waals surface area contributed by atoms with Crippen LogP contribution in [0, 0.1) is 0 Å². The van der Waals surface area contributed by atoms with E-state index in [1.807, 2.05) is 30.3 Å². The van der Waals surface area contributed by atoms with Gasteiger partial charge < -0.3 is 14.6 Å². The van der Waals surface area contributed by atoms with Crippen molar-refractivity contribution in [3.63, 3.8) is 0 Å². The minimum atomic E-state index is -1.23. The summed E-state index contributed by atoms with van der Waals surface area (Å²) in [5.74, 6) is -1.23. The number of anilines is 1. The van der Waals surface area contributed by atoms with Crippen LogP contribution in [-0.2, 0) is 0 Å². The molecular weight excluding hydrogens is 398 g/mol. The first-order valence-corrected chi connectivity index (χ1v) is 10.7. The lowest BCUT2D eigenvalue weighted by molar-refractivity contribution is 0.0695. The zero-order valence-electron chi connectivity index (χ0n) is 16.1. The molecule has 1 N–H and O–H groups in total. The van der Waals surface area contributed by atoms with E-state index in [1.54, 1.807) is 10.1 Å². The average Bonchev–Trinajstić information content (AvgIpc) is 3.45. The van der Waals surface area contributed by atoms with E-state index in [4.69, 9.17) is 0 Å². The van der Waals surface area contributed by atoms with Gasteiger partial charge in [-0.1, -0.05) is 12.1 Å². The van der Waals surface area contributed by atoms with Gasteiger partial charge in [0, 0.05) is 36.7 Å². The Bertz CT molecular complexity index is 1300. The highest BCUT2D eigenvalue weighted by Crippen LogP contribution is 2.28. The fraction of sp³-hybridized carbons (Fsp3) is 0.174. The topological polar surface area (TPSA) is 75.4 Å². The Labute approximate surface area is 176 Å². The van der Waals surface area contributed by atoms with E-state index in [-0.39, 0.29) is 5.56 Å². The van der Waals surface area contributed by atoms with E-state index in [9.17, 15) is 14.7 Å². The number of thiazole rings is 1. The van der Waals surface area contributed by atoms with Crippen molar-refractivity contribution in [2.45, 2.75) is 12.8 Å². The number of pyridine rings is 1. The fourth-order valence-corrected chi connectivity index (χ4v) is 4.65. The number of carbonyl (C=O) groups is 1. The molecule has 0 radical (unpaired) electrons. The third-order valence-corrected chi connectivity index (χ3v) is 6.30. The van der Waals surface area contributed by atoms with Gasteiger partial charge in [-0.3, -0.25) is 4.79 Å². The number of aromatic carboxylic acids is 1. The lowest BCUT2D eigenvalue weighted by Gasteiger charge is -2.19. The van der Waals surface area contributed by atoms with E-state index in [0.29, 0.717) is 5.69 Å². The lowest BCUT2D eigenvalue weighted by Crippen LogP contribution is -2.18. The van der Waals surface area contributed by atoms with Crippen molar-refractivity contribution in [3.05, 3.63) is 76.0 Å². The van der Waals surface area contributed by atoms with Gasteiger partial charge in [-0.2, -0.15) is 0 Å². The normalized spacial score (nSPS) is 13.8. The highest BCUT2D eigenvalue weighted by Gasteiger charge is 2.16. The smallest absolute Gasteiger partial charge is 0.341 e. The van der Waals surface area contributed by atoms with Crippen LogP contribution in [0.3, 0.4) is 0 Å². The van der Waals surface area contributed by atoms with E-state index >= 15 is 0 Å². The Kier molecular flexibility index (Phi) is 4.59. The van der Waals surface area contributed by atoms with E-state index < -0.39 is 11.4 Å². The van der Waals surface area contributed by atoms with Crippen molar-refractivity contribution in [2.24, 2.45) is 0 Å². The number of aromatic nitrogens is 2. The summed E-state index contributed by atoms with van der Waals surface area (Å²) in [6.07, 6.45) is 3.83. The molecule has 5 rings (SSSR count). The summed E-state index contributed by atoms with van der Waals surface area (Å²) in [4.78, 5) is 30.7. The van der Waals surface area contributed by atoms with Crippen LogP contribution in [0.15, 0.2) is 65.0 Å². The molecule has 1 aliphatic heterocycles. The zero-order valence-corrected chi connectivity index (χ0v) is 16.9. The molecule has 0 saturated carbocycles. The summed E-state index contributed by atoms with van der Waals surface area (Å²) < 4.78 is 2.77. The molecule has 2 aromatic heterocycles. The van der Waals surface area contributed by atoms with Crippen molar-refractivity contribution in [3.8, 4) is 16.9 Å². The molecule has 3 heterocycles. The second kappa shape index (κ2) is 7.42. The number of nitrogens with zero attached hydrogens (tertiary/aromatic N) is 3. The summed E-state index contributed by atoms with van der Waals surface area (Å²) in [5, 5.41) is 9.47. The Balaban J connectivity index is 1.65. The van der Waals surface area contributed by atoms with Crippen LogP contribution in [0.4, 0.5) is 5.69 Å². The van der Waals surface area contributed by atoms with Gasteiger partial charge in [-0.25, -0.2) is 9.78 Å². The molecule has 0 unspecified atom stereocenters. The molecular formula is C23H19N3O3S. The predicted octanol–water partition coefficient (Wildman–Crippen LogP) is 4.41. The Morgan fingerprint density at radius 2 is 1.73 bits per heavy atom. The summed E-state index contributed by atoms with van der Waals surface area (Å²) in [6.45, 7) is 2.12. The molecule has 150 valence electrons. The molecule has 0 amide bonds.